The molecule has 3 aromatic carbocycles. The third-order valence-corrected chi connectivity index (χ3v) is 8.30. The molecule has 2 N–H and O–H groups in total. The summed E-state index contributed by atoms with van der Waals surface area (Å²) in [5, 5.41) is 19.5. The van der Waals surface area contributed by atoms with E-state index in [1.807, 2.05) is 6.92 Å². The summed E-state index contributed by atoms with van der Waals surface area (Å²) >= 11 is 15.7. The lowest BCUT2D eigenvalue weighted by molar-refractivity contribution is -0.532. The Labute approximate surface area is 231 Å². The first kappa shape index (κ1) is 25.8. The molecule has 4 atom stereocenters. The van der Waals surface area contributed by atoms with E-state index in [0.29, 0.717) is 42.8 Å². The molecule has 2 aliphatic rings. The van der Waals surface area contributed by atoms with Gasteiger partial charge in [-0.2, -0.15) is 0 Å². The largest absolute Gasteiger partial charge is 0.493 e. The Morgan fingerprint density at radius 1 is 1.14 bits per heavy atom. The average Bonchev–Trinajstić information content (AvgIpc) is 3.33. The average molecular weight is 607 g/mol. The minimum Gasteiger partial charge on any atom is -0.493 e. The van der Waals surface area contributed by atoms with Crippen LogP contribution in [0.4, 0.5) is 5.69 Å². The molecule has 5 rings (SSSR count). The van der Waals surface area contributed by atoms with Gasteiger partial charge in [0.15, 0.2) is 17.0 Å². The third kappa shape index (κ3) is 4.24. The Bertz CT molecular complexity index is 1420. The summed E-state index contributed by atoms with van der Waals surface area (Å²) < 4.78 is 12.2. The lowest BCUT2D eigenvalue weighted by atomic mass is 9.78. The van der Waals surface area contributed by atoms with Crippen LogP contribution in [0.15, 0.2) is 59.1 Å². The zero-order chi connectivity index (χ0) is 26.5. The van der Waals surface area contributed by atoms with Crippen LogP contribution in [-0.4, -0.2) is 30.0 Å². The number of methoxy groups -OCH3 is 1. The van der Waals surface area contributed by atoms with Gasteiger partial charge in [0.25, 0.3) is 11.9 Å². The second-order valence-electron chi connectivity index (χ2n) is 9.07. The summed E-state index contributed by atoms with van der Waals surface area (Å²) in [6.45, 7) is 2.05. The minimum atomic E-state index is -1.49. The summed E-state index contributed by atoms with van der Waals surface area (Å²) in [5.41, 5.74) is 1.10. The van der Waals surface area contributed by atoms with Gasteiger partial charge in [-0.1, -0.05) is 47.5 Å². The molecule has 2 heterocycles. The summed E-state index contributed by atoms with van der Waals surface area (Å²) in [6, 6.07) is 14.1. The zero-order valence-corrected chi connectivity index (χ0v) is 22.9. The van der Waals surface area contributed by atoms with Crippen molar-refractivity contribution in [2.45, 2.75) is 37.1 Å². The summed E-state index contributed by atoms with van der Waals surface area (Å²) in [5.74, 6) is -0.234. The molecule has 1 fully saturated rings. The number of carbonyl (C=O) groups is 1. The predicted octanol–water partition coefficient (Wildman–Crippen LogP) is 5.91. The second kappa shape index (κ2) is 9.79. The van der Waals surface area contributed by atoms with Crippen molar-refractivity contribution in [2.75, 3.05) is 12.4 Å². The topological polar surface area (TPSA) is 103 Å². The maximum Gasteiger partial charge on any atom is 0.256 e. The van der Waals surface area contributed by atoms with E-state index in [1.54, 1.807) is 54.6 Å². The van der Waals surface area contributed by atoms with E-state index in [2.05, 4.69) is 26.6 Å². The van der Waals surface area contributed by atoms with Crippen LogP contribution in [0.5, 0.6) is 11.5 Å². The Morgan fingerprint density at radius 3 is 2.59 bits per heavy atom. The highest BCUT2D eigenvalue weighted by atomic mass is 79.9. The number of anilines is 1. The molecular weight excluding hydrogens is 585 g/mol. The Kier molecular flexibility index (Phi) is 6.83. The van der Waals surface area contributed by atoms with Gasteiger partial charge in [0.2, 0.25) is 0 Å². The van der Waals surface area contributed by atoms with E-state index in [1.165, 1.54) is 7.11 Å². The fraction of sp³-hybridized carbons (Fsp3) is 0.269. The monoisotopic (exact) mass is 605 g/mol. The van der Waals surface area contributed by atoms with Gasteiger partial charge in [-0.25, -0.2) is 0 Å². The molecule has 1 saturated heterocycles. The van der Waals surface area contributed by atoms with Crippen molar-refractivity contribution >= 4 is 50.7 Å². The van der Waals surface area contributed by atoms with Crippen LogP contribution in [0.2, 0.25) is 10.0 Å². The lowest BCUT2D eigenvalue weighted by Gasteiger charge is -2.25. The van der Waals surface area contributed by atoms with Crippen LogP contribution in [0.25, 0.3) is 0 Å². The third-order valence-electron chi connectivity index (χ3n) is 6.97. The molecule has 3 aromatic rings. The van der Waals surface area contributed by atoms with Crippen LogP contribution in [-0.2, 0) is 16.9 Å². The lowest BCUT2D eigenvalue weighted by Crippen LogP contribution is -2.54. The van der Waals surface area contributed by atoms with Gasteiger partial charge in [0.05, 0.1) is 27.5 Å². The first-order valence-corrected chi connectivity index (χ1v) is 13.0. The zero-order valence-electron chi connectivity index (χ0n) is 19.8. The standard InChI is InChI=1S/C26H22BrCl2N3O5/c1-13-22(24(32(34)35)26(31-13)16-5-3-4-6-20(16)30-25(26)33)15-10-17(27)23(21(11-15)36-2)37-12-14-7-8-18(28)19(29)9-14/h3-11,13,22,24,31H,12H2,1-2H3,(H,30,33)/t13-,22-,24+,26-/m0/s1. The number of para-hydroxylation sites is 1. The van der Waals surface area contributed by atoms with Crippen molar-refractivity contribution in [3.8, 4) is 11.5 Å². The number of halogens is 3. The van der Waals surface area contributed by atoms with Gasteiger partial charge in [-0.3, -0.25) is 20.2 Å². The molecule has 1 amide bonds. The number of benzene rings is 3. The second-order valence-corrected chi connectivity index (χ2v) is 10.7. The van der Waals surface area contributed by atoms with E-state index >= 15 is 0 Å². The highest BCUT2D eigenvalue weighted by Crippen LogP contribution is 2.51. The van der Waals surface area contributed by atoms with Crippen molar-refractivity contribution in [2.24, 2.45) is 0 Å². The van der Waals surface area contributed by atoms with Gasteiger partial charge in [-0.05, 0) is 64.3 Å². The predicted molar refractivity (Wildman–Crippen MR) is 144 cm³/mol. The molecule has 0 radical (unpaired) electrons. The molecule has 1 spiro atoms. The molecule has 192 valence electrons. The Balaban J connectivity index is 1.52. The van der Waals surface area contributed by atoms with Crippen LogP contribution >= 0.6 is 39.1 Å². The van der Waals surface area contributed by atoms with Crippen molar-refractivity contribution in [3.05, 3.63) is 95.9 Å². The van der Waals surface area contributed by atoms with Crippen molar-refractivity contribution in [1.29, 1.82) is 0 Å². The normalized spacial score (nSPS) is 24.1. The highest BCUT2D eigenvalue weighted by molar-refractivity contribution is 9.10. The van der Waals surface area contributed by atoms with Gasteiger partial charge >= 0.3 is 0 Å². The first-order chi connectivity index (χ1) is 17.7. The summed E-state index contributed by atoms with van der Waals surface area (Å²) in [7, 11) is 1.50. The molecule has 8 nitrogen and oxygen atoms in total. The van der Waals surface area contributed by atoms with Gasteiger partial charge in [0.1, 0.15) is 6.61 Å². The number of hydrogen-bond donors (Lipinski definition) is 2. The number of nitrogens with one attached hydrogen (secondary N) is 2. The fourth-order valence-electron chi connectivity index (χ4n) is 5.41. The molecule has 37 heavy (non-hydrogen) atoms. The van der Waals surface area contributed by atoms with E-state index in [9.17, 15) is 14.9 Å². The number of hydrogen-bond acceptors (Lipinski definition) is 6. The highest BCUT2D eigenvalue weighted by Gasteiger charge is 2.67. The molecule has 0 bridgehead atoms. The van der Waals surface area contributed by atoms with Crippen LogP contribution in [0.3, 0.4) is 0 Å². The van der Waals surface area contributed by atoms with Crippen LogP contribution in [0.1, 0.15) is 29.5 Å². The molecule has 0 aromatic heterocycles. The number of nitro groups is 1. The molecule has 11 heteroatoms. The smallest absolute Gasteiger partial charge is 0.256 e. The molecule has 0 unspecified atom stereocenters. The number of carbonyl (C=O) groups excluding carboxylic acids is 1. The number of rotatable bonds is 6. The molecule has 0 saturated carbocycles. The number of nitrogens with zero attached hydrogens (tertiary/aromatic N) is 1. The molecular formula is C26H22BrCl2N3O5. The SMILES string of the molecule is COc1cc([C@@H]2[C@H](C)N[C@]3(C(=O)Nc4ccccc43)[C@@H]2[N+](=O)[O-])cc(Br)c1OCc1ccc(Cl)c(Cl)c1. The van der Waals surface area contributed by atoms with Crippen molar-refractivity contribution in [3.63, 3.8) is 0 Å². The first-order valence-electron chi connectivity index (χ1n) is 11.4. The van der Waals surface area contributed by atoms with Crippen LogP contribution < -0.4 is 20.1 Å². The van der Waals surface area contributed by atoms with E-state index < -0.39 is 29.4 Å². The quantitative estimate of drug-likeness (QED) is 0.267. The summed E-state index contributed by atoms with van der Waals surface area (Å²) in [6.07, 6.45) is 0. The Morgan fingerprint density at radius 2 is 1.89 bits per heavy atom. The van der Waals surface area contributed by atoms with Gasteiger partial charge in [-0.15, -0.1) is 0 Å². The van der Waals surface area contributed by atoms with Gasteiger partial charge in [0, 0.05) is 22.2 Å². The van der Waals surface area contributed by atoms with Crippen molar-refractivity contribution in [1.82, 2.24) is 5.32 Å². The van der Waals surface area contributed by atoms with E-state index in [4.69, 9.17) is 32.7 Å². The van der Waals surface area contributed by atoms with E-state index in [0.717, 1.165) is 5.56 Å². The fourth-order valence-corrected chi connectivity index (χ4v) is 6.31. The maximum atomic E-state index is 13.3. The number of amides is 1. The number of ether oxygens (including phenoxy) is 2. The molecule has 0 aliphatic carbocycles. The van der Waals surface area contributed by atoms with Crippen LogP contribution in [0, 0.1) is 10.1 Å². The summed E-state index contributed by atoms with van der Waals surface area (Å²) in [4.78, 5) is 25.5. The Hall–Kier alpha value is -2.85. The maximum absolute atomic E-state index is 13.3. The van der Waals surface area contributed by atoms with Crippen molar-refractivity contribution < 1.29 is 19.2 Å². The van der Waals surface area contributed by atoms with E-state index in [-0.39, 0.29) is 11.5 Å². The minimum absolute atomic E-state index is 0.199. The number of fused-ring (bicyclic) bond motifs is 2. The molecule has 2 aliphatic heterocycles. The van der Waals surface area contributed by atoms with Gasteiger partial charge < -0.3 is 14.8 Å².